The average Bonchev–Trinajstić information content (AvgIpc) is 2.50. The van der Waals surface area contributed by atoms with Crippen LogP contribution in [0.5, 0.6) is 5.75 Å². The second-order valence-corrected chi connectivity index (χ2v) is 4.93. The summed E-state index contributed by atoms with van der Waals surface area (Å²) in [5.41, 5.74) is 8.32. The van der Waals surface area contributed by atoms with Crippen molar-refractivity contribution in [3.8, 4) is 5.75 Å². The maximum Gasteiger partial charge on any atom is 0.119 e. The molecule has 0 aromatic heterocycles. The van der Waals surface area contributed by atoms with Crippen LogP contribution in [0.4, 0.5) is 5.69 Å². The molecule has 1 aliphatic rings. The Morgan fingerprint density at radius 3 is 2.81 bits per heavy atom. The molecule has 0 fully saturated rings. The van der Waals surface area contributed by atoms with Gasteiger partial charge in [0.05, 0.1) is 7.11 Å². The van der Waals surface area contributed by atoms with Gasteiger partial charge in [-0.25, -0.2) is 0 Å². The van der Waals surface area contributed by atoms with Gasteiger partial charge in [-0.05, 0) is 50.6 Å². The minimum Gasteiger partial charge on any atom is -0.497 e. The lowest BCUT2D eigenvalue weighted by atomic mass is 9.83. The normalized spacial score (nSPS) is 21.4. The van der Waals surface area contributed by atoms with E-state index in [2.05, 4.69) is 31.3 Å². The van der Waals surface area contributed by atoms with Crippen molar-refractivity contribution in [1.82, 2.24) is 0 Å². The number of fused-ring (bicyclic) bond motifs is 1. The molecule has 16 heavy (non-hydrogen) atoms. The first-order valence-electron chi connectivity index (χ1n) is 5.74. The van der Waals surface area contributed by atoms with Gasteiger partial charge in [0.2, 0.25) is 0 Å². The fourth-order valence-electron chi connectivity index (χ4n) is 2.58. The van der Waals surface area contributed by atoms with Gasteiger partial charge in [-0.15, -0.1) is 0 Å². The van der Waals surface area contributed by atoms with Crippen LogP contribution in [0.15, 0.2) is 18.2 Å². The van der Waals surface area contributed by atoms with Gasteiger partial charge in [0, 0.05) is 17.1 Å². The van der Waals surface area contributed by atoms with Gasteiger partial charge in [-0.2, -0.15) is 0 Å². The average molecular weight is 220 g/mol. The molecule has 0 saturated carbocycles. The topological polar surface area (TPSA) is 47.3 Å². The number of hydrogen-bond donors (Lipinski definition) is 2. The SMILES string of the molecule is COc1ccc2c(c1)C(CCN)C(C)(C)N2. The number of methoxy groups -OCH3 is 1. The van der Waals surface area contributed by atoms with Crippen LogP contribution in [0.25, 0.3) is 0 Å². The molecule has 1 heterocycles. The standard InChI is InChI=1S/C13H20N2O/c1-13(2)11(6-7-14)10-8-9(16-3)4-5-12(10)15-13/h4-5,8,11,15H,6-7,14H2,1-3H3. The predicted molar refractivity (Wildman–Crippen MR) is 67.1 cm³/mol. The zero-order valence-corrected chi connectivity index (χ0v) is 10.2. The third kappa shape index (κ3) is 1.76. The zero-order valence-electron chi connectivity index (χ0n) is 10.2. The van der Waals surface area contributed by atoms with Crippen molar-refractivity contribution < 1.29 is 4.74 Å². The summed E-state index contributed by atoms with van der Waals surface area (Å²) in [4.78, 5) is 0. The summed E-state index contributed by atoms with van der Waals surface area (Å²) in [7, 11) is 1.70. The van der Waals surface area contributed by atoms with Crippen molar-refractivity contribution in [2.24, 2.45) is 5.73 Å². The summed E-state index contributed by atoms with van der Waals surface area (Å²) in [5, 5.41) is 3.55. The first-order chi connectivity index (χ1) is 7.58. The van der Waals surface area contributed by atoms with E-state index in [4.69, 9.17) is 10.5 Å². The van der Waals surface area contributed by atoms with E-state index >= 15 is 0 Å². The van der Waals surface area contributed by atoms with Crippen LogP contribution < -0.4 is 15.8 Å². The zero-order chi connectivity index (χ0) is 11.8. The molecule has 0 saturated heterocycles. The largest absolute Gasteiger partial charge is 0.497 e. The van der Waals surface area contributed by atoms with Crippen molar-refractivity contribution in [3.63, 3.8) is 0 Å². The predicted octanol–water partition coefficient (Wildman–Crippen LogP) is 2.33. The maximum absolute atomic E-state index is 5.70. The number of benzene rings is 1. The second-order valence-electron chi connectivity index (χ2n) is 4.93. The highest BCUT2D eigenvalue weighted by atomic mass is 16.5. The number of hydrogen-bond acceptors (Lipinski definition) is 3. The molecule has 0 radical (unpaired) electrons. The minimum absolute atomic E-state index is 0.0774. The van der Waals surface area contributed by atoms with Crippen molar-refractivity contribution >= 4 is 5.69 Å². The van der Waals surface area contributed by atoms with Crippen LogP contribution in [-0.2, 0) is 0 Å². The highest BCUT2D eigenvalue weighted by Crippen LogP contribution is 2.45. The number of anilines is 1. The molecule has 2 rings (SSSR count). The van der Waals surface area contributed by atoms with Crippen LogP contribution in [0, 0.1) is 0 Å². The van der Waals surface area contributed by atoms with Crippen LogP contribution in [0.1, 0.15) is 31.7 Å². The summed E-state index contributed by atoms with van der Waals surface area (Å²) in [6.07, 6.45) is 1.00. The number of rotatable bonds is 3. The first kappa shape index (κ1) is 11.3. The molecular formula is C13H20N2O. The lowest BCUT2D eigenvalue weighted by Gasteiger charge is -2.27. The monoisotopic (exact) mass is 220 g/mol. The van der Waals surface area contributed by atoms with Gasteiger partial charge in [0.15, 0.2) is 0 Å². The number of nitrogens with two attached hydrogens (primary N) is 1. The Labute approximate surface area is 97.0 Å². The highest BCUT2D eigenvalue weighted by molar-refractivity contribution is 5.63. The van der Waals surface area contributed by atoms with E-state index in [1.807, 2.05) is 6.07 Å². The van der Waals surface area contributed by atoms with Gasteiger partial charge < -0.3 is 15.8 Å². The van der Waals surface area contributed by atoms with E-state index in [9.17, 15) is 0 Å². The molecule has 1 unspecified atom stereocenters. The van der Waals surface area contributed by atoms with E-state index in [1.165, 1.54) is 11.3 Å². The van der Waals surface area contributed by atoms with E-state index < -0.39 is 0 Å². The molecule has 0 spiro atoms. The molecule has 1 aromatic carbocycles. The lowest BCUT2D eigenvalue weighted by Crippen LogP contribution is -2.33. The minimum atomic E-state index is 0.0774. The highest BCUT2D eigenvalue weighted by Gasteiger charge is 2.37. The van der Waals surface area contributed by atoms with Crippen LogP contribution in [0.3, 0.4) is 0 Å². The van der Waals surface area contributed by atoms with Crippen LogP contribution in [-0.4, -0.2) is 19.2 Å². The van der Waals surface area contributed by atoms with Crippen LogP contribution >= 0.6 is 0 Å². The summed E-state index contributed by atoms with van der Waals surface area (Å²) >= 11 is 0. The molecular weight excluding hydrogens is 200 g/mol. The third-order valence-corrected chi connectivity index (χ3v) is 3.42. The fourth-order valence-corrected chi connectivity index (χ4v) is 2.58. The Morgan fingerprint density at radius 2 is 2.19 bits per heavy atom. The smallest absolute Gasteiger partial charge is 0.119 e. The Morgan fingerprint density at radius 1 is 1.44 bits per heavy atom. The molecule has 3 nitrogen and oxygen atoms in total. The summed E-state index contributed by atoms with van der Waals surface area (Å²) < 4.78 is 5.28. The van der Waals surface area contributed by atoms with Crippen molar-refractivity contribution in [2.45, 2.75) is 31.7 Å². The van der Waals surface area contributed by atoms with E-state index in [0.29, 0.717) is 12.5 Å². The van der Waals surface area contributed by atoms with E-state index in [1.54, 1.807) is 7.11 Å². The molecule has 0 bridgehead atoms. The summed E-state index contributed by atoms with van der Waals surface area (Å²) in [6, 6.07) is 6.20. The van der Waals surface area contributed by atoms with Gasteiger partial charge in [-0.1, -0.05) is 0 Å². The lowest BCUT2D eigenvalue weighted by molar-refractivity contribution is 0.412. The Hall–Kier alpha value is -1.22. The fraction of sp³-hybridized carbons (Fsp3) is 0.538. The van der Waals surface area contributed by atoms with Gasteiger partial charge in [0.1, 0.15) is 5.75 Å². The van der Waals surface area contributed by atoms with Gasteiger partial charge in [0.25, 0.3) is 0 Å². The van der Waals surface area contributed by atoms with Crippen molar-refractivity contribution in [3.05, 3.63) is 23.8 Å². The first-order valence-corrected chi connectivity index (χ1v) is 5.74. The second kappa shape index (κ2) is 3.98. The van der Waals surface area contributed by atoms with E-state index in [0.717, 1.165) is 12.2 Å². The Balaban J connectivity index is 2.40. The van der Waals surface area contributed by atoms with E-state index in [-0.39, 0.29) is 5.54 Å². The van der Waals surface area contributed by atoms with Gasteiger partial charge >= 0.3 is 0 Å². The molecule has 1 aromatic rings. The molecule has 3 N–H and O–H groups in total. The molecule has 1 atom stereocenters. The number of ether oxygens (including phenoxy) is 1. The maximum atomic E-state index is 5.70. The molecule has 88 valence electrons. The number of nitrogens with one attached hydrogen (secondary N) is 1. The van der Waals surface area contributed by atoms with Crippen molar-refractivity contribution in [2.75, 3.05) is 19.0 Å². The van der Waals surface area contributed by atoms with Crippen molar-refractivity contribution in [1.29, 1.82) is 0 Å². The molecule has 0 aliphatic carbocycles. The van der Waals surface area contributed by atoms with Gasteiger partial charge in [-0.3, -0.25) is 0 Å². The van der Waals surface area contributed by atoms with Crippen LogP contribution in [0.2, 0.25) is 0 Å². The summed E-state index contributed by atoms with van der Waals surface area (Å²) in [6.45, 7) is 5.16. The Bertz CT molecular complexity index is 388. The third-order valence-electron chi connectivity index (χ3n) is 3.42. The quantitative estimate of drug-likeness (QED) is 0.822. The molecule has 0 amide bonds. The molecule has 1 aliphatic heterocycles. The molecule has 3 heteroatoms. The summed E-state index contributed by atoms with van der Waals surface area (Å²) in [5.74, 6) is 1.38. The Kier molecular flexibility index (Phi) is 2.80.